The Morgan fingerprint density at radius 1 is 0.525 bits per heavy atom. The molecule has 0 aromatic carbocycles. The van der Waals surface area contributed by atoms with Crippen molar-refractivity contribution in [2.45, 2.75) is 244 Å². The van der Waals surface area contributed by atoms with Gasteiger partial charge in [0, 0.05) is 6.42 Å². The number of ether oxygens (including phenoxy) is 1. The summed E-state index contributed by atoms with van der Waals surface area (Å²) in [5.41, 5.74) is 0. The second-order valence-corrected chi connectivity index (χ2v) is 16.5. The third kappa shape index (κ3) is 41.8. The highest BCUT2D eigenvalue weighted by molar-refractivity contribution is 5.77. The predicted octanol–water partition coefficient (Wildman–Crippen LogP) is 14.6. The Labute approximate surface area is 364 Å². The van der Waals surface area contributed by atoms with Crippen molar-refractivity contribution in [1.29, 1.82) is 0 Å². The van der Waals surface area contributed by atoms with Gasteiger partial charge in [0.05, 0.1) is 25.2 Å². The molecule has 3 atom stereocenters. The van der Waals surface area contributed by atoms with Crippen LogP contribution in [-0.4, -0.2) is 46.9 Å². The number of carbonyl (C=O) groups is 2. The van der Waals surface area contributed by atoms with Crippen LogP contribution in [0.15, 0.2) is 72.9 Å². The first-order chi connectivity index (χ1) is 29.0. The van der Waals surface area contributed by atoms with E-state index in [1.807, 2.05) is 0 Å². The minimum atomic E-state index is -0.799. The Hall–Kier alpha value is -2.70. The third-order valence-corrected chi connectivity index (χ3v) is 10.8. The van der Waals surface area contributed by atoms with Crippen LogP contribution in [0.4, 0.5) is 0 Å². The van der Waals surface area contributed by atoms with Crippen LogP contribution in [0, 0.1) is 0 Å². The average molecular weight is 824 g/mol. The molecule has 0 radical (unpaired) electrons. The van der Waals surface area contributed by atoms with Crippen molar-refractivity contribution in [3.8, 4) is 0 Å². The standard InChI is InChI=1S/C53H93NO5/c1-4-7-10-13-16-19-22-24-25-26-27-29-30-32-35-38-41-44-49(59-53(58)46-43-40-37-34-31-28-23-20-17-14-11-8-5-2)47-52(57)54-50(48-55)51(56)45-42-39-36-33-21-18-15-12-9-6-3/h8,11,14,16-17,19-20,23-25,27,29,49-51,55-56H,4-7,9-10,12-13,15,18,21-22,26,28,30-48H2,1-3H3,(H,54,57)/b11-8+,17-14+,19-16-,23-20-,25-24-,29-27-. The quantitative estimate of drug-likeness (QED) is 0.0246. The van der Waals surface area contributed by atoms with Crippen LogP contribution >= 0.6 is 0 Å². The van der Waals surface area contributed by atoms with Crippen LogP contribution < -0.4 is 5.32 Å². The Balaban J connectivity index is 4.69. The maximum absolute atomic E-state index is 13.2. The number of carbonyl (C=O) groups excluding carboxylic acids is 2. The summed E-state index contributed by atoms with van der Waals surface area (Å²) >= 11 is 0. The molecule has 0 rings (SSSR count). The monoisotopic (exact) mass is 824 g/mol. The molecule has 0 aliphatic carbocycles. The van der Waals surface area contributed by atoms with Gasteiger partial charge in [0.1, 0.15) is 6.10 Å². The van der Waals surface area contributed by atoms with Crippen LogP contribution in [0.5, 0.6) is 0 Å². The third-order valence-electron chi connectivity index (χ3n) is 10.8. The molecule has 0 spiro atoms. The highest BCUT2D eigenvalue weighted by atomic mass is 16.5. The molecule has 0 heterocycles. The van der Waals surface area contributed by atoms with Gasteiger partial charge in [0.25, 0.3) is 0 Å². The van der Waals surface area contributed by atoms with E-state index in [-0.39, 0.29) is 24.9 Å². The molecule has 0 aromatic heterocycles. The van der Waals surface area contributed by atoms with E-state index in [1.54, 1.807) is 0 Å². The van der Waals surface area contributed by atoms with Crippen molar-refractivity contribution in [3.05, 3.63) is 72.9 Å². The van der Waals surface area contributed by atoms with E-state index < -0.39 is 18.2 Å². The van der Waals surface area contributed by atoms with Crippen LogP contribution in [0.2, 0.25) is 0 Å². The average Bonchev–Trinajstić information content (AvgIpc) is 3.23. The lowest BCUT2D eigenvalue weighted by Gasteiger charge is -2.24. The van der Waals surface area contributed by atoms with Gasteiger partial charge in [-0.15, -0.1) is 0 Å². The Kier molecular flexibility index (Phi) is 44.2. The fraction of sp³-hybridized carbons (Fsp3) is 0.736. The molecule has 0 aliphatic heterocycles. The Morgan fingerprint density at radius 2 is 0.983 bits per heavy atom. The van der Waals surface area contributed by atoms with Gasteiger partial charge in [0.2, 0.25) is 5.91 Å². The molecule has 3 N–H and O–H groups in total. The highest BCUT2D eigenvalue weighted by Crippen LogP contribution is 2.17. The zero-order valence-electron chi connectivity index (χ0n) is 38.6. The molecule has 0 aliphatic rings. The van der Waals surface area contributed by atoms with Crippen molar-refractivity contribution in [2.75, 3.05) is 6.61 Å². The molecular weight excluding hydrogens is 731 g/mol. The number of unbranched alkanes of at least 4 members (excludes halogenated alkanes) is 21. The van der Waals surface area contributed by atoms with Crippen LogP contribution in [0.25, 0.3) is 0 Å². The Morgan fingerprint density at radius 3 is 1.56 bits per heavy atom. The number of esters is 1. The largest absolute Gasteiger partial charge is 0.462 e. The van der Waals surface area contributed by atoms with Crippen molar-refractivity contribution < 1.29 is 24.5 Å². The summed E-state index contributed by atoms with van der Waals surface area (Å²) in [7, 11) is 0. The number of hydrogen-bond donors (Lipinski definition) is 3. The van der Waals surface area contributed by atoms with Gasteiger partial charge in [-0.05, 0) is 83.5 Å². The van der Waals surface area contributed by atoms with Gasteiger partial charge < -0.3 is 20.3 Å². The second kappa shape index (κ2) is 46.4. The number of allylic oxidation sites excluding steroid dienone is 12. The maximum Gasteiger partial charge on any atom is 0.306 e. The zero-order chi connectivity index (χ0) is 43.1. The van der Waals surface area contributed by atoms with Crippen LogP contribution in [-0.2, 0) is 14.3 Å². The number of hydrogen-bond acceptors (Lipinski definition) is 5. The van der Waals surface area contributed by atoms with Gasteiger partial charge in [0.15, 0.2) is 0 Å². The second-order valence-electron chi connectivity index (χ2n) is 16.5. The van der Waals surface area contributed by atoms with E-state index in [0.717, 1.165) is 109 Å². The van der Waals surface area contributed by atoms with Gasteiger partial charge in [-0.1, -0.05) is 203 Å². The fourth-order valence-corrected chi connectivity index (χ4v) is 7.08. The molecule has 6 heteroatoms. The van der Waals surface area contributed by atoms with E-state index in [9.17, 15) is 19.8 Å². The number of amides is 1. The first-order valence-electron chi connectivity index (χ1n) is 24.7. The molecular formula is C53H93NO5. The lowest BCUT2D eigenvalue weighted by atomic mass is 10.0. The fourth-order valence-electron chi connectivity index (χ4n) is 7.08. The summed E-state index contributed by atoms with van der Waals surface area (Å²) in [6.07, 6.45) is 58.1. The zero-order valence-corrected chi connectivity index (χ0v) is 38.6. The summed E-state index contributed by atoms with van der Waals surface area (Å²) in [5, 5.41) is 23.7. The van der Waals surface area contributed by atoms with Crippen molar-refractivity contribution in [3.63, 3.8) is 0 Å². The van der Waals surface area contributed by atoms with Crippen molar-refractivity contribution in [2.24, 2.45) is 0 Å². The van der Waals surface area contributed by atoms with E-state index in [0.29, 0.717) is 19.3 Å². The molecule has 59 heavy (non-hydrogen) atoms. The number of rotatable bonds is 43. The van der Waals surface area contributed by atoms with E-state index in [2.05, 4.69) is 99.0 Å². The van der Waals surface area contributed by atoms with Crippen molar-refractivity contribution in [1.82, 2.24) is 5.32 Å². The minimum Gasteiger partial charge on any atom is -0.462 e. The van der Waals surface area contributed by atoms with Crippen molar-refractivity contribution >= 4 is 11.9 Å². The topological polar surface area (TPSA) is 95.9 Å². The summed E-state index contributed by atoms with van der Waals surface area (Å²) in [6.45, 7) is 6.29. The first kappa shape index (κ1) is 56.3. The summed E-state index contributed by atoms with van der Waals surface area (Å²) in [5.74, 6) is -0.523. The minimum absolute atomic E-state index is 0.0513. The van der Waals surface area contributed by atoms with Gasteiger partial charge >= 0.3 is 5.97 Å². The predicted molar refractivity (Wildman–Crippen MR) is 255 cm³/mol. The molecule has 0 bridgehead atoms. The summed E-state index contributed by atoms with van der Waals surface area (Å²) in [4.78, 5) is 26.1. The highest BCUT2D eigenvalue weighted by Gasteiger charge is 2.24. The van der Waals surface area contributed by atoms with E-state index in [1.165, 1.54) is 70.6 Å². The van der Waals surface area contributed by atoms with E-state index >= 15 is 0 Å². The van der Waals surface area contributed by atoms with Gasteiger partial charge in [-0.25, -0.2) is 0 Å². The van der Waals surface area contributed by atoms with Gasteiger partial charge in [-0.2, -0.15) is 0 Å². The molecule has 340 valence electrons. The van der Waals surface area contributed by atoms with Crippen LogP contribution in [0.3, 0.4) is 0 Å². The number of aliphatic hydroxyl groups excluding tert-OH is 2. The molecule has 3 unspecified atom stereocenters. The lowest BCUT2D eigenvalue weighted by molar-refractivity contribution is -0.151. The summed E-state index contributed by atoms with van der Waals surface area (Å²) < 4.78 is 5.90. The number of aliphatic hydroxyl groups is 2. The summed E-state index contributed by atoms with van der Waals surface area (Å²) in [6, 6.07) is -0.715. The lowest BCUT2D eigenvalue weighted by Crippen LogP contribution is -2.46. The van der Waals surface area contributed by atoms with Crippen LogP contribution in [0.1, 0.15) is 226 Å². The normalized spacial score (nSPS) is 13.9. The van der Waals surface area contributed by atoms with Gasteiger partial charge in [-0.3, -0.25) is 9.59 Å². The Bertz CT molecular complexity index is 1110. The molecule has 0 saturated heterocycles. The smallest absolute Gasteiger partial charge is 0.306 e. The molecule has 0 fully saturated rings. The van der Waals surface area contributed by atoms with E-state index in [4.69, 9.17) is 4.74 Å². The maximum atomic E-state index is 13.2. The molecule has 0 aromatic rings. The SMILES string of the molecule is CC/C=C/C=C/C=C\CCCCCCCC(=O)OC(CCCCCC/C=C\C/C=C\C/C=C\CCCCC)CC(=O)NC(CO)C(O)CCCCCCCCCCCC. The molecule has 6 nitrogen and oxygen atoms in total. The number of nitrogens with one attached hydrogen (secondary N) is 1. The first-order valence-corrected chi connectivity index (χ1v) is 24.7. The molecule has 0 saturated carbocycles. The molecule has 1 amide bonds.